The summed E-state index contributed by atoms with van der Waals surface area (Å²) in [6.45, 7) is 1.32. The average Bonchev–Trinajstić information content (AvgIpc) is 3.03. The molecule has 0 aliphatic carbocycles. The highest BCUT2D eigenvalue weighted by atomic mass is 16.5. The zero-order valence-corrected chi connectivity index (χ0v) is 12.9. The highest BCUT2D eigenvalue weighted by molar-refractivity contribution is 5.88. The number of fused-ring (bicyclic) bond motifs is 2. The monoisotopic (exact) mass is 322 g/mol. The molecule has 2 aromatic heterocycles. The lowest BCUT2D eigenvalue weighted by Crippen LogP contribution is -2.09. The van der Waals surface area contributed by atoms with E-state index in [1.807, 2.05) is 12.1 Å². The van der Waals surface area contributed by atoms with E-state index in [1.54, 1.807) is 4.68 Å². The first kappa shape index (κ1) is 14.3. The first-order valence-electron chi connectivity index (χ1n) is 7.42. The SMILES string of the molecule is COC(=O)c1cnc2nnn(Cc3ccc4c(c3)C=CCN4)c2n1. The van der Waals surface area contributed by atoms with E-state index in [0.717, 1.165) is 23.4 Å². The molecule has 8 nitrogen and oxygen atoms in total. The normalized spacial score (nSPS) is 12.7. The number of nitrogens with zero attached hydrogens (tertiary/aromatic N) is 5. The van der Waals surface area contributed by atoms with E-state index in [0.29, 0.717) is 17.8 Å². The minimum absolute atomic E-state index is 0.131. The van der Waals surface area contributed by atoms with Gasteiger partial charge in [-0.15, -0.1) is 5.10 Å². The molecule has 1 aliphatic heterocycles. The summed E-state index contributed by atoms with van der Waals surface area (Å²) in [4.78, 5) is 20.0. The molecule has 0 amide bonds. The highest BCUT2D eigenvalue weighted by Gasteiger charge is 2.14. The van der Waals surface area contributed by atoms with Crippen molar-refractivity contribution in [2.75, 3.05) is 19.0 Å². The number of ether oxygens (including phenoxy) is 1. The molecule has 24 heavy (non-hydrogen) atoms. The van der Waals surface area contributed by atoms with Gasteiger partial charge in [0.15, 0.2) is 11.3 Å². The van der Waals surface area contributed by atoms with Crippen molar-refractivity contribution in [2.24, 2.45) is 0 Å². The molecule has 3 heterocycles. The van der Waals surface area contributed by atoms with Crippen molar-refractivity contribution in [3.63, 3.8) is 0 Å². The second-order valence-corrected chi connectivity index (χ2v) is 5.35. The molecule has 0 fully saturated rings. The Morgan fingerprint density at radius 2 is 2.33 bits per heavy atom. The van der Waals surface area contributed by atoms with Crippen molar-refractivity contribution in [1.82, 2.24) is 25.0 Å². The van der Waals surface area contributed by atoms with Gasteiger partial charge in [-0.3, -0.25) is 0 Å². The summed E-state index contributed by atoms with van der Waals surface area (Å²) < 4.78 is 6.30. The molecule has 0 saturated carbocycles. The fourth-order valence-corrected chi connectivity index (χ4v) is 2.60. The van der Waals surface area contributed by atoms with Gasteiger partial charge in [0.1, 0.15) is 0 Å². The Balaban J connectivity index is 1.69. The summed E-state index contributed by atoms with van der Waals surface area (Å²) in [6.07, 6.45) is 5.50. The van der Waals surface area contributed by atoms with E-state index < -0.39 is 5.97 Å². The average molecular weight is 322 g/mol. The largest absolute Gasteiger partial charge is 0.464 e. The van der Waals surface area contributed by atoms with Crippen LogP contribution in [-0.2, 0) is 11.3 Å². The molecule has 0 spiro atoms. The Labute approximate surface area is 137 Å². The molecule has 8 heteroatoms. The first-order valence-corrected chi connectivity index (χ1v) is 7.42. The lowest BCUT2D eigenvalue weighted by Gasteiger charge is -2.14. The molecule has 0 saturated heterocycles. The van der Waals surface area contributed by atoms with Gasteiger partial charge >= 0.3 is 5.97 Å². The molecule has 1 aliphatic rings. The fraction of sp³-hybridized carbons (Fsp3) is 0.188. The molecule has 3 aromatic rings. The van der Waals surface area contributed by atoms with Gasteiger partial charge in [0, 0.05) is 12.2 Å². The van der Waals surface area contributed by atoms with Crippen molar-refractivity contribution in [1.29, 1.82) is 0 Å². The highest BCUT2D eigenvalue weighted by Crippen LogP contribution is 2.22. The third-order valence-electron chi connectivity index (χ3n) is 3.78. The van der Waals surface area contributed by atoms with Crippen LogP contribution in [0.25, 0.3) is 17.4 Å². The van der Waals surface area contributed by atoms with Crippen molar-refractivity contribution in [3.05, 3.63) is 47.3 Å². The van der Waals surface area contributed by atoms with E-state index in [-0.39, 0.29) is 5.69 Å². The number of esters is 1. The summed E-state index contributed by atoms with van der Waals surface area (Å²) in [7, 11) is 1.30. The molecular weight excluding hydrogens is 308 g/mol. The van der Waals surface area contributed by atoms with E-state index in [2.05, 4.69) is 48.6 Å². The molecule has 1 aromatic carbocycles. The van der Waals surface area contributed by atoms with E-state index in [9.17, 15) is 4.79 Å². The number of carbonyl (C=O) groups is 1. The molecule has 1 N–H and O–H groups in total. The van der Waals surface area contributed by atoms with Gasteiger partial charge in [0.25, 0.3) is 0 Å². The third kappa shape index (κ3) is 2.47. The van der Waals surface area contributed by atoms with Crippen molar-refractivity contribution in [3.8, 4) is 0 Å². The Bertz CT molecular complexity index is 962. The minimum atomic E-state index is -0.540. The second-order valence-electron chi connectivity index (χ2n) is 5.35. The zero-order chi connectivity index (χ0) is 16.5. The number of nitrogens with one attached hydrogen (secondary N) is 1. The van der Waals surface area contributed by atoms with Crippen LogP contribution in [0.3, 0.4) is 0 Å². The van der Waals surface area contributed by atoms with Crippen LogP contribution < -0.4 is 5.32 Å². The van der Waals surface area contributed by atoms with Gasteiger partial charge in [-0.05, 0) is 23.3 Å². The van der Waals surface area contributed by atoms with Gasteiger partial charge in [0.05, 0.1) is 19.9 Å². The summed E-state index contributed by atoms with van der Waals surface area (Å²) >= 11 is 0. The molecule has 0 unspecified atom stereocenters. The van der Waals surface area contributed by atoms with Crippen molar-refractivity contribution in [2.45, 2.75) is 6.54 Å². The first-order chi connectivity index (χ1) is 11.7. The maximum absolute atomic E-state index is 11.6. The number of hydrogen-bond donors (Lipinski definition) is 1. The van der Waals surface area contributed by atoms with Crippen LogP contribution in [-0.4, -0.2) is 44.6 Å². The zero-order valence-electron chi connectivity index (χ0n) is 12.9. The van der Waals surface area contributed by atoms with Crippen LogP contribution in [0.1, 0.15) is 21.6 Å². The van der Waals surface area contributed by atoms with Gasteiger partial charge in [-0.1, -0.05) is 23.4 Å². The molecule has 4 rings (SSSR count). The van der Waals surface area contributed by atoms with Crippen LogP contribution in [0.5, 0.6) is 0 Å². The lowest BCUT2D eigenvalue weighted by atomic mass is 10.1. The molecule has 0 radical (unpaired) electrons. The molecule has 0 bridgehead atoms. The topological polar surface area (TPSA) is 94.8 Å². The molecule has 0 atom stereocenters. The summed E-state index contributed by atoms with van der Waals surface area (Å²) in [5, 5.41) is 11.4. The summed E-state index contributed by atoms with van der Waals surface area (Å²) in [5.74, 6) is -0.540. The summed E-state index contributed by atoms with van der Waals surface area (Å²) in [5.41, 5.74) is 4.26. The number of hydrogen-bond acceptors (Lipinski definition) is 7. The number of rotatable bonds is 3. The summed E-state index contributed by atoms with van der Waals surface area (Å²) in [6, 6.07) is 6.15. The third-order valence-corrected chi connectivity index (χ3v) is 3.78. The Hall–Kier alpha value is -3.29. The maximum atomic E-state index is 11.6. The number of anilines is 1. The van der Waals surface area contributed by atoms with Crippen LogP contribution in [0.2, 0.25) is 0 Å². The van der Waals surface area contributed by atoms with Gasteiger partial charge in [0.2, 0.25) is 5.65 Å². The number of benzene rings is 1. The van der Waals surface area contributed by atoms with Gasteiger partial charge in [-0.2, -0.15) is 0 Å². The van der Waals surface area contributed by atoms with E-state index in [1.165, 1.54) is 13.3 Å². The Morgan fingerprint density at radius 1 is 1.42 bits per heavy atom. The van der Waals surface area contributed by atoms with Crippen molar-refractivity contribution < 1.29 is 9.53 Å². The molecule has 120 valence electrons. The molecular formula is C16H14N6O2. The van der Waals surface area contributed by atoms with Crippen molar-refractivity contribution >= 4 is 29.0 Å². The Kier molecular flexibility index (Phi) is 3.42. The van der Waals surface area contributed by atoms with Gasteiger partial charge in [-0.25, -0.2) is 19.4 Å². The van der Waals surface area contributed by atoms with Crippen LogP contribution in [0.4, 0.5) is 5.69 Å². The van der Waals surface area contributed by atoms with Crippen LogP contribution in [0.15, 0.2) is 30.5 Å². The van der Waals surface area contributed by atoms with Crippen LogP contribution in [0, 0.1) is 0 Å². The minimum Gasteiger partial charge on any atom is -0.464 e. The predicted molar refractivity (Wildman–Crippen MR) is 87.5 cm³/mol. The van der Waals surface area contributed by atoms with E-state index >= 15 is 0 Å². The number of aromatic nitrogens is 5. The standard InChI is InChI=1S/C16H14N6O2/c1-24-16(23)13-8-18-14-15(19-13)22(21-20-14)9-10-4-5-12-11(7-10)3-2-6-17-12/h2-5,7-8,17H,6,9H2,1H3. The predicted octanol–water partition coefficient (Wildman–Crippen LogP) is 1.49. The van der Waals surface area contributed by atoms with Crippen LogP contribution >= 0.6 is 0 Å². The smallest absolute Gasteiger partial charge is 0.358 e. The Morgan fingerprint density at radius 3 is 3.21 bits per heavy atom. The van der Waals surface area contributed by atoms with Gasteiger partial charge < -0.3 is 10.1 Å². The number of methoxy groups -OCH3 is 1. The fourth-order valence-electron chi connectivity index (χ4n) is 2.60. The van der Waals surface area contributed by atoms with E-state index in [4.69, 9.17) is 0 Å². The second kappa shape index (κ2) is 5.73. The quantitative estimate of drug-likeness (QED) is 0.730. The number of carbonyl (C=O) groups excluding carboxylic acids is 1. The lowest BCUT2D eigenvalue weighted by molar-refractivity contribution is 0.0594. The maximum Gasteiger partial charge on any atom is 0.358 e.